The molecule has 7 heteroatoms. The quantitative estimate of drug-likeness (QED) is 0.692. The van der Waals surface area contributed by atoms with Crippen molar-refractivity contribution in [2.24, 2.45) is 15.4 Å². The Kier molecular flexibility index (Phi) is 3.09. The first-order valence-corrected chi connectivity index (χ1v) is 6.99. The van der Waals surface area contributed by atoms with Crippen molar-refractivity contribution in [1.29, 1.82) is 0 Å². The summed E-state index contributed by atoms with van der Waals surface area (Å²) in [6.07, 6.45) is 1.78. The van der Waals surface area contributed by atoms with Crippen LogP contribution in [-0.2, 0) is 0 Å². The second-order valence-corrected chi connectivity index (χ2v) is 5.00. The van der Waals surface area contributed by atoms with Gasteiger partial charge in [0, 0.05) is 5.69 Å². The van der Waals surface area contributed by atoms with E-state index in [1.54, 1.807) is 6.08 Å². The molecule has 0 fully saturated rings. The zero-order chi connectivity index (χ0) is 15.6. The summed E-state index contributed by atoms with van der Waals surface area (Å²) < 4.78 is 0. The highest BCUT2D eigenvalue weighted by molar-refractivity contribution is 5.59. The number of anilines is 2. The maximum atomic E-state index is 9.99. The highest BCUT2D eigenvalue weighted by atomic mass is 16.3. The molecule has 0 radical (unpaired) electrons. The van der Waals surface area contributed by atoms with Gasteiger partial charge in [-0.05, 0) is 40.8 Å². The lowest BCUT2D eigenvalue weighted by atomic mass is 10.2. The van der Waals surface area contributed by atoms with Crippen molar-refractivity contribution < 1.29 is 5.11 Å². The molecule has 112 valence electrons. The van der Waals surface area contributed by atoms with Crippen molar-refractivity contribution >= 4 is 23.4 Å². The van der Waals surface area contributed by atoms with Gasteiger partial charge in [-0.25, -0.2) is 0 Å². The lowest BCUT2D eigenvalue weighted by molar-refractivity contribution is 0.455. The van der Waals surface area contributed by atoms with Crippen LogP contribution in [0.25, 0.3) is 6.08 Å². The lowest BCUT2D eigenvalue weighted by Gasteiger charge is -2.00. The second-order valence-electron chi connectivity index (χ2n) is 5.00. The molecule has 0 aliphatic carbocycles. The molecule has 3 aromatic rings. The number of aromatic nitrogens is 2. The minimum Gasteiger partial charge on any atom is -0.492 e. The van der Waals surface area contributed by atoms with E-state index < -0.39 is 0 Å². The molecule has 7 nitrogen and oxygen atoms in total. The molecule has 2 heterocycles. The summed E-state index contributed by atoms with van der Waals surface area (Å²) in [5.74, 6) is 0.394. The monoisotopic (exact) mass is 304 g/mol. The molecular weight excluding hydrogens is 292 g/mol. The number of rotatable bonds is 3. The summed E-state index contributed by atoms with van der Waals surface area (Å²) in [6, 6.07) is 15.2. The van der Waals surface area contributed by atoms with Gasteiger partial charge in [-0.15, -0.1) is 10.2 Å². The topological polar surface area (TPSA) is 98.0 Å². The number of nitrogens with zero attached hydrogens (tertiary/aromatic N) is 4. The molecule has 23 heavy (non-hydrogen) atoms. The highest BCUT2D eigenvalue weighted by Gasteiger charge is 2.07. The number of imidazole rings is 1. The Hall–Kier alpha value is -3.48. The maximum absolute atomic E-state index is 9.99. The third-order valence-electron chi connectivity index (χ3n) is 3.36. The maximum Gasteiger partial charge on any atom is 0.238 e. The van der Waals surface area contributed by atoms with E-state index in [4.69, 9.17) is 0 Å². The number of benzene rings is 2. The predicted molar refractivity (Wildman–Crippen MR) is 85.3 cm³/mol. The van der Waals surface area contributed by atoms with Crippen LogP contribution in [0.2, 0.25) is 0 Å². The zero-order valence-electron chi connectivity index (χ0n) is 11.9. The molecule has 3 N–H and O–H groups in total. The molecule has 0 unspecified atom stereocenters. The van der Waals surface area contributed by atoms with Crippen LogP contribution in [0.5, 0.6) is 5.88 Å². The minimum absolute atomic E-state index is 0.0738. The molecule has 0 atom stereocenters. The van der Waals surface area contributed by atoms with Crippen LogP contribution in [0, 0.1) is 0 Å². The molecular formula is C16H12N6O. The van der Waals surface area contributed by atoms with E-state index in [0.717, 1.165) is 16.3 Å². The molecule has 2 aromatic carbocycles. The van der Waals surface area contributed by atoms with Crippen LogP contribution in [-0.4, -0.2) is 15.1 Å². The molecule has 1 aromatic heterocycles. The van der Waals surface area contributed by atoms with Gasteiger partial charge < -0.3 is 15.4 Å². The van der Waals surface area contributed by atoms with Crippen molar-refractivity contribution in [3.63, 3.8) is 0 Å². The number of aromatic hydroxyl groups is 1. The van der Waals surface area contributed by atoms with Gasteiger partial charge >= 0.3 is 0 Å². The van der Waals surface area contributed by atoms with Crippen LogP contribution in [0.1, 0.15) is 5.69 Å². The highest BCUT2D eigenvalue weighted by Crippen LogP contribution is 2.20. The number of hydrogen-bond donors (Lipinski definition) is 3. The average Bonchev–Trinajstić information content (AvgIpc) is 3.15. The number of nitrogens with one attached hydrogen (secondary N) is 2. The molecule has 0 amide bonds. The molecule has 4 rings (SSSR count). The molecule has 0 spiro atoms. The van der Waals surface area contributed by atoms with Crippen molar-refractivity contribution in [2.75, 3.05) is 5.32 Å². The number of H-pyrrole nitrogens is 1. The van der Waals surface area contributed by atoms with E-state index in [0.29, 0.717) is 17.3 Å². The molecule has 1 aliphatic rings. The van der Waals surface area contributed by atoms with Crippen molar-refractivity contribution in [3.8, 4) is 5.88 Å². The Morgan fingerprint density at radius 2 is 1.96 bits per heavy atom. The summed E-state index contributed by atoms with van der Waals surface area (Å²) in [6.45, 7) is 0. The Balaban J connectivity index is 1.66. The van der Waals surface area contributed by atoms with Crippen molar-refractivity contribution in [2.45, 2.75) is 0 Å². The van der Waals surface area contributed by atoms with Gasteiger partial charge in [0.25, 0.3) is 0 Å². The van der Waals surface area contributed by atoms with Gasteiger partial charge in [0.15, 0.2) is 0 Å². The third kappa shape index (κ3) is 2.67. The Labute approximate surface area is 130 Å². The first-order valence-electron chi connectivity index (χ1n) is 6.99. The summed E-state index contributed by atoms with van der Waals surface area (Å²) in [5, 5.41) is 26.1. The second kappa shape index (κ2) is 5.38. The summed E-state index contributed by atoms with van der Waals surface area (Å²) in [4.78, 5) is 7.11. The molecule has 0 saturated carbocycles. The van der Waals surface area contributed by atoms with E-state index in [1.807, 2.05) is 48.5 Å². The molecule has 0 saturated heterocycles. The first kappa shape index (κ1) is 13.2. The van der Waals surface area contributed by atoms with Crippen molar-refractivity contribution in [1.82, 2.24) is 9.97 Å². The smallest absolute Gasteiger partial charge is 0.238 e. The van der Waals surface area contributed by atoms with Gasteiger partial charge in [0.2, 0.25) is 11.8 Å². The van der Waals surface area contributed by atoms with Crippen LogP contribution in [0.15, 0.2) is 64.0 Å². The largest absolute Gasteiger partial charge is 0.492 e. The fraction of sp³-hybridized carbons (Fsp3) is 0. The van der Waals surface area contributed by atoms with Crippen LogP contribution < -0.4 is 15.9 Å². The minimum atomic E-state index is -0.0738. The van der Waals surface area contributed by atoms with E-state index in [-0.39, 0.29) is 5.88 Å². The van der Waals surface area contributed by atoms with Crippen LogP contribution in [0.3, 0.4) is 0 Å². The fourth-order valence-corrected chi connectivity index (χ4v) is 2.28. The third-order valence-corrected chi connectivity index (χ3v) is 3.36. The number of fused-ring (bicyclic) bond motifs is 1. The van der Waals surface area contributed by atoms with Gasteiger partial charge in [-0.3, -0.25) is 0 Å². The van der Waals surface area contributed by atoms with E-state index >= 15 is 0 Å². The molecule has 1 aliphatic heterocycles. The van der Waals surface area contributed by atoms with Gasteiger partial charge in [-0.2, -0.15) is 4.98 Å². The summed E-state index contributed by atoms with van der Waals surface area (Å²) in [7, 11) is 0. The van der Waals surface area contributed by atoms with Gasteiger partial charge in [0.1, 0.15) is 16.7 Å². The first-order chi connectivity index (χ1) is 11.3. The summed E-state index contributed by atoms with van der Waals surface area (Å²) >= 11 is 0. The van der Waals surface area contributed by atoms with E-state index in [2.05, 4.69) is 30.7 Å². The number of para-hydroxylation sites is 1. The Morgan fingerprint density at radius 1 is 1.09 bits per heavy atom. The normalized spacial score (nSPS) is 13.0. The predicted octanol–water partition coefficient (Wildman–Crippen LogP) is 2.32. The van der Waals surface area contributed by atoms with E-state index in [9.17, 15) is 5.11 Å². The zero-order valence-corrected chi connectivity index (χ0v) is 11.9. The fourth-order valence-electron chi connectivity index (χ4n) is 2.28. The van der Waals surface area contributed by atoms with Crippen LogP contribution >= 0.6 is 0 Å². The molecule has 0 bridgehead atoms. The van der Waals surface area contributed by atoms with E-state index in [1.165, 1.54) is 0 Å². The average molecular weight is 304 g/mol. The lowest BCUT2D eigenvalue weighted by Crippen LogP contribution is -2.06. The standard InChI is InChI=1S/C16H12N6O/c23-15-14(9-10-6-7-12-13(8-10)21-22-20-12)18-16(19-15)17-11-4-2-1-3-5-11/h1-9,23H,(H2,17,18,19)/b10-9+. The van der Waals surface area contributed by atoms with Crippen molar-refractivity contribution in [3.05, 3.63) is 64.8 Å². The van der Waals surface area contributed by atoms with Gasteiger partial charge in [0.05, 0.1) is 0 Å². The SMILES string of the molecule is Oc1nc(Nc2ccccc2)[nH]c1/C=c1\ccc2c(c1)N=NN=2. The Morgan fingerprint density at radius 3 is 2.83 bits per heavy atom. The number of aromatic amines is 1. The Bertz CT molecular complexity index is 1010. The summed E-state index contributed by atoms with van der Waals surface area (Å²) in [5.41, 5.74) is 2.10. The van der Waals surface area contributed by atoms with Gasteiger partial charge in [-0.1, -0.05) is 24.3 Å². The van der Waals surface area contributed by atoms with Crippen LogP contribution in [0.4, 0.5) is 17.3 Å². The number of hydrogen-bond acceptors (Lipinski definition) is 6.